The highest BCUT2D eigenvalue weighted by Crippen LogP contribution is 2.28. The second kappa shape index (κ2) is 7.21. The minimum Gasteiger partial charge on any atom is -0.481 e. The highest BCUT2D eigenvalue weighted by atomic mass is 19.1. The summed E-state index contributed by atoms with van der Waals surface area (Å²) in [6.07, 6.45) is 5.01. The zero-order chi connectivity index (χ0) is 16.1. The van der Waals surface area contributed by atoms with Crippen molar-refractivity contribution in [2.75, 3.05) is 13.2 Å². The summed E-state index contributed by atoms with van der Waals surface area (Å²) in [5.41, 5.74) is 0. The summed E-state index contributed by atoms with van der Waals surface area (Å²) in [5.74, 6) is -0.103. The molecule has 1 aliphatic heterocycles. The van der Waals surface area contributed by atoms with E-state index in [0.717, 1.165) is 25.7 Å². The van der Waals surface area contributed by atoms with Crippen LogP contribution in [0.25, 0.3) is 0 Å². The zero-order valence-corrected chi connectivity index (χ0v) is 12.7. The van der Waals surface area contributed by atoms with Gasteiger partial charge in [0.2, 0.25) is 6.39 Å². The number of ether oxygens (including phenoxy) is 1. The van der Waals surface area contributed by atoms with E-state index in [9.17, 15) is 9.18 Å². The van der Waals surface area contributed by atoms with Gasteiger partial charge in [0, 0.05) is 6.54 Å². The molecule has 6 nitrogen and oxygen atoms in total. The molecule has 1 aliphatic rings. The highest BCUT2D eigenvalue weighted by Gasteiger charge is 2.29. The molecule has 2 heterocycles. The molecule has 0 saturated carbocycles. The first kappa shape index (κ1) is 15.5. The molecule has 1 saturated heterocycles. The molecule has 1 fully saturated rings. The Bertz CT molecular complexity index is 648. The first-order valence-electron chi connectivity index (χ1n) is 7.69. The molecule has 1 amide bonds. The standard InChI is InChI=1S/C16H18FN3O3/c17-12-6-3-4-8-14(12)22-10-15(21)20-9-5-1-2-7-13(20)16-18-11-23-19-16/h3-4,6,8,11,13H,1-2,5,7,9-10H2. The van der Waals surface area contributed by atoms with Crippen LogP contribution in [0, 0.1) is 5.82 Å². The normalized spacial score (nSPS) is 18.5. The van der Waals surface area contributed by atoms with E-state index in [0.29, 0.717) is 12.4 Å². The van der Waals surface area contributed by atoms with Gasteiger partial charge in [-0.05, 0) is 25.0 Å². The van der Waals surface area contributed by atoms with Crippen LogP contribution in [-0.4, -0.2) is 34.1 Å². The fraction of sp³-hybridized carbons (Fsp3) is 0.438. The topological polar surface area (TPSA) is 68.5 Å². The maximum absolute atomic E-state index is 13.6. The molecule has 1 unspecified atom stereocenters. The third-order valence-electron chi connectivity index (χ3n) is 3.94. The summed E-state index contributed by atoms with van der Waals surface area (Å²) in [5, 5.41) is 3.87. The van der Waals surface area contributed by atoms with Crippen LogP contribution in [0.3, 0.4) is 0 Å². The van der Waals surface area contributed by atoms with Gasteiger partial charge in [0.15, 0.2) is 24.0 Å². The van der Waals surface area contributed by atoms with Crippen molar-refractivity contribution in [3.05, 3.63) is 42.3 Å². The zero-order valence-electron chi connectivity index (χ0n) is 12.7. The second-order valence-corrected chi connectivity index (χ2v) is 5.46. The first-order valence-corrected chi connectivity index (χ1v) is 7.69. The molecule has 3 rings (SSSR count). The molecule has 0 aliphatic carbocycles. The van der Waals surface area contributed by atoms with Crippen LogP contribution in [0.15, 0.2) is 35.2 Å². The van der Waals surface area contributed by atoms with Crippen molar-refractivity contribution in [1.29, 1.82) is 0 Å². The fourth-order valence-corrected chi connectivity index (χ4v) is 2.79. The molecule has 1 aromatic carbocycles. The van der Waals surface area contributed by atoms with E-state index in [1.165, 1.54) is 18.5 Å². The van der Waals surface area contributed by atoms with Crippen molar-refractivity contribution in [2.24, 2.45) is 0 Å². The van der Waals surface area contributed by atoms with E-state index in [1.54, 1.807) is 17.0 Å². The van der Waals surface area contributed by atoms with Gasteiger partial charge in [0.1, 0.15) is 0 Å². The molecule has 0 spiro atoms. The number of likely N-dealkylation sites (tertiary alicyclic amines) is 1. The summed E-state index contributed by atoms with van der Waals surface area (Å²) >= 11 is 0. The van der Waals surface area contributed by atoms with E-state index < -0.39 is 5.82 Å². The van der Waals surface area contributed by atoms with E-state index in [-0.39, 0.29) is 24.3 Å². The Balaban J connectivity index is 1.69. The molecule has 2 aromatic rings. The number of amides is 1. The molecule has 0 bridgehead atoms. The number of carbonyl (C=O) groups excluding carboxylic acids is 1. The largest absolute Gasteiger partial charge is 0.481 e. The molecule has 122 valence electrons. The maximum Gasteiger partial charge on any atom is 0.261 e. The lowest BCUT2D eigenvalue weighted by Gasteiger charge is -2.27. The minimum absolute atomic E-state index is 0.0757. The Kier molecular flexibility index (Phi) is 4.85. The lowest BCUT2D eigenvalue weighted by atomic mass is 10.1. The van der Waals surface area contributed by atoms with Crippen LogP contribution in [0.2, 0.25) is 0 Å². The van der Waals surface area contributed by atoms with Crippen molar-refractivity contribution in [3.63, 3.8) is 0 Å². The summed E-state index contributed by atoms with van der Waals surface area (Å²) < 4.78 is 23.7. The summed E-state index contributed by atoms with van der Waals surface area (Å²) in [7, 11) is 0. The molecule has 1 atom stereocenters. The first-order chi connectivity index (χ1) is 11.3. The van der Waals surface area contributed by atoms with Gasteiger partial charge in [0.05, 0.1) is 6.04 Å². The van der Waals surface area contributed by atoms with E-state index in [4.69, 9.17) is 9.26 Å². The van der Waals surface area contributed by atoms with Crippen LogP contribution in [-0.2, 0) is 4.79 Å². The van der Waals surface area contributed by atoms with Gasteiger partial charge in [-0.1, -0.05) is 30.1 Å². The van der Waals surface area contributed by atoms with Crippen LogP contribution in [0.5, 0.6) is 5.75 Å². The number of carbonyl (C=O) groups is 1. The van der Waals surface area contributed by atoms with Crippen LogP contribution in [0.4, 0.5) is 4.39 Å². The minimum atomic E-state index is -0.481. The Morgan fingerprint density at radius 3 is 3.00 bits per heavy atom. The van der Waals surface area contributed by atoms with Crippen molar-refractivity contribution < 1.29 is 18.4 Å². The average molecular weight is 319 g/mol. The van der Waals surface area contributed by atoms with E-state index in [2.05, 4.69) is 10.1 Å². The van der Waals surface area contributed by atoms with Crippen LogP contribution >= 0.6 is 0 Å². The van der Waals surface area contributed by atoms with Gasteiger partial charge in [-0.3, -0.25) is 4.79 Å². The summed E-state index contributed by atoms with van der Waals surface area (Å²) in [4.78, 5) is 18.3. The van der Waals surface area contributed by atoms with Gasteiger partial charge in [-0.2, -0.15) is 4.98 Å². The van der Waals surface area contributed by atoms with E-state index in [1.807, 2.05) is 0 Å². The lowest BCUT2D eigenvalue weighted by Crippen LogP contribution is -2.38. The molecule has 0 N–H and O–H groups in total. The quantitative estimate of drug-likeness (QED) is 0.867. The molecule has 23 heavy (non-hydrogen) atoms. The molecule has 1 aromatic heterocycles. The summed E-state index contributed by atoms with van der Waals surface area (Å²) in [6, 6.07) is 5.82. The lowest BCUT2D eigenvalue weighted by molar-refractivity contribution is -0.136. The van der Waals surface area contributed by atoms with Gasteiger partial charge in [-0.25, -0.2) is 4.39 Å². The van der Waals surface area contributed by atoms with Crippen molar-refractivity contribution in [2.45, 2.75) is 31.7 Å². The number of aromatic nitrogens is 2. The summed E-state index contributed by atoms with van der Waals surface area (Å²) in [6.45, 7) is 0.397. The number of para-hydroxylation sites is 1. The van der Waals surface area contributed by atoms with Crippen molar-refractivity contribution in [1.82, 2.24) is 15.0 Å². The van der Waals surface area contributed by atoms with Gasteiger partial charge < -0.3 is 14.2 Å². The molecule has 7 heteroatoms. The third kappa shape index (κ3) is 3.67. The molecule has 0 radical (unpaired) electrons. The monoisotopic (exact) mass is 319 g/mol. The number of rotatable bonds is 4. The Hall–Kier alpha value is -2.44. The van der Waals surface area contributed by atoms with Crippen LogP contribution in [0.1, 0.15) is 37.5 Å². The SMILES string of the molecule is O=C(COc1ccccc1F)N1CCCCCC1c1ncon1. The van der Waals surface area contributed by atoms with Crippen molar-refractivity contribution in [3.8, 4) is 5.75 Å². The Labute approximate surface area is 133 Å². The fourth-order valence-electron chi connectivity index (χ4n) is 2.79. The Morgan fingerprint density at radius 2 is 2.22 bits per heavy atom. The smallest absolute Gasteiger partial charge is 0.261 e. The highest BCUT2D eigenvalue weighted by molar-refractivity contribution is 5.78. The van der Waals surface area contributed by atoms with Gasteiger partial charge in [0.25, 0.3) is 5.91 Å². The average Bonchev–Trinajstić information content (AvgIpc) is 2.98. The number of nitrogens with zero attached hydrogens (tertiary/aromatic N) is 3. The number of hydrogen-bond donors (Lipinski definition) is 0. The number of hydrogen-bond acceptors (Lipinski definition) is 5. The van der Waals surface area contributed by atoms with Crippen molar-refractivity contribution >= 4 is 5.91 Å². The Morgan fingerprint density at radius 1 is 1.35 bits per heavy atom. The molecular weight excluding hydrogens is 301 g/mol. The predicted octanol–water partition coefficient (Wildman–Crippen LogP) is 2.73. The predicted molar refractivity (Wildman–Crippen MR) is 79.1 cm³/mol. The number of halogens is 1. The molecular formula is C16H18FN3O3. The van der Waals surface area contributed by atoms with Gasteiger partial charge in [-0.15, -0.1) is 0 Å². The number of benzene rings is 1. The van der Waals surface area contributed by atoms with Crippen LogP contribution < -0.4 is 4.74 Å². The van der Waals surface area contributed by atoms with E-state index >= 15 is 0 Å². The maximum atomic E-state index is 13.6. The van der Waals surface area contributed by atoms with Gasteiger partial charge >= 0.3 is 0 Å². The second-order valence-electron chi connectivity index (χ2n) is 5.46. The third-order valence-corrected chi connectivity index (χ3v) is 3.94.